The Labute approximate surface area is 128 Å². The molecule has 1 heterocycles. The Morgan fingerprint density at radius 3 is 2.67 bits per heavy atom. The van der Waals surface area contributed by atoms with Gasteiger partial charge in [-0.3, -0.25) is 0 Å². The molecule has 3 heteroatoms. The third-order valence-corrected chi connectivity index (χ3v) is 5.70. The Morgan fingerprint density at radius 1 is 1.14 bits per heavy atom. The van der Waals surface area contributed by atoms with Gasteiger partial charge in [-0.25, -0.2) is 0 Å². The van der Waals surface area contributed by atoms with Crippen LogP contribution in [0.1, 0.15) is 46.0 Å². The molecule has 1 atom stereocenters. The predicted octanol–water partition coefficient (Wildman–Crippen LogP) is 3.57. The van der Waals surface area contributed by atoms with Crippen LogP contribution in [0.5, 0.6) is 5.75 Å². The van der Waals surface area contributed by atoms with Crippen LogP contribution >= 0.6 is 0 Å². The van der Waals surface area contributed by atoms with Crippen molar-refractivity contribution in [1.82, 2.24) is 0 Å². The molecule has 0 aromatic heterocycles. The highest BCUT2D eigenvalue weighted by Crippen LogP contribution is 2.50. The molecule has 3 nitrogen and oxygen atoms in total. The summed E-state index contributed by atoms with van der Waals surface area (Å²) in [6.07, 6.45) is 6.10. The summed E-state index contributed by atoms with van der Waals surface area (Å²) >= 11 is 0. The lowest BCUT2D eigenvalue weighted by atomic mass is 9.62. The van der Waals surface area contributed by atoms with Crippen molar-refractivity contribution >= 4 is 5.69 Å². The highest BCUT2D eigenvalue weighted by Gasteiger charge is 2.50. The highest BCUT2D eigenvalue weighted by atomic mass is 16.5. The minimum Gasteiger partial charge on any atom is -0.491 e. The van der Waals surface area contributed by atoms with Crippen LogP contribution in [-0.4, -0.2) is 25.2 Å². The molecule has 0 spiro atoms. The van der Waals surface area contributed by atoms with Crippen molar-refractivity contribution < 1.29 is 4.74 Å². The van der Waals surface area contributed by atoms with Gasteiger partial charge in [0.2, 0.25) is 0 Å². The molecule has 1 aromatic carbocycles. The Balaban J connectivity index is 2.08. The van der Waals surface area contributed by atoms with E-state index in [4.69, 9.17) is 10.5 Å². The lowest BCUT2D eigenvalue weighted by Crippen LogP contribution is -2.64. The fraction of sp³-hybridized carbons (Fsp3) is 0.667. The van der Waals surface area contributed by atoms with Crippen molar-refractivity contribution in [2.24, 2.45) is 11.1 Å². The zero-order valence-electron chi connectivity index (χ0n) is 13.4. The largest absolute Gasteiger partial charge is 0.491 e. The minimum absolute atomic E-state index is 0.0506. The van der Waals surface area contributed by atoms with E-state index in [-0.39, 0.29) is 11.0 Å². The number of nitrogens with zero attached hydrogens (tertiary/aromatic N) is 1. The average Bonchev–Trinajstić information content (AvgIpc) is 2.70. The third-order valence-electron chi connectivity index (χ3n) is 5.70. The van der Waals surface area contributed by atoms with E-state index < -0.39 is 0 Å². The molecular formula is C18H28N2O. The lowest BCUT2D eigenvalue weighted by molar-refractivity contribution is 0.0961. The van der Waals surface area contributed by atoms with E-state index in [1.54, 1.807) is 0 Å². The summed E-state index contributed by atoms with van der Waals surface area (Å²) in [5.41, 5.74) is 7.89. The van der Waals surface area contributed by atoms with Crippen LogP contribution < -0.4 is 15.4 Å². The predicted molar refractivity (Wildman–Crippen MR) is 87.9 cm³/mol. The van der Waals surface area contributed by atoms with E-state index in [0.29, 0.717) is 6.54 Å². The Morgan fingerprint density at radius 2 is 1.90 bits per heavy atom. The fourth-order valence-electron chi connectivity index (χ4n) is 4.32. The van der Waals surface area contributed by atoms with Crippen molar-refractivity contribution in [3.05, 3.63) is 24.3 Å². The molecule has 1 unspecified atom stereocenters. The van der Waals surface area contributed by atoms with Crippen molar-refractivity contribution in [3.63, 3.8) is 0 Å². The second kappa shape index (κ2) is 5.53. The molecule has 1 saturated carbocycles. The maximum absolute atomic E-state index is 6.37. The quantitative estimate of drug-likeness (QED) is 0.904. The summed E-state index contributed by atoms with van der Waals surface area (Å²) in [7, 11) is 0. The van der Waals surface area contributed by atoms with Gasteiger partial charge in [-0.2, -0.15) is 0 Å². The summed E-state index contributed by atoms with van der Waals surface area (Å²) < 4.78 is 5.94. The van der Waals surface area contributed by atoms with E-state index in [1.165, 1.54) is 31.4 Å². The number of anilines is 1. The van der Waals surface area contributed by atoms with E-state index >= 15 is 0 Å². The van der Waals surface area contributed by atoms with Gasteiger partial charge in [0.1, 0.15) is 5.75 Å². The fourth-order valence-corrected chi connectivity index (χ4v) is 4.32. The number of fused-ring (bicyclic) bond motifs is 1. The van der Waals surface area contributed by atoms with Crippen LogP contribution in [0.25, 0.3) is 0 Å². The average molecular weight is 288 g/mol. The molecule has 21 heavy (non-hydrogen) atoms. The molecule has 1 aliphatic heterocycles. The van der Waals surface area contributed by atoms with Crippen LogP contribution in [0, 0.1) is 5.41 Å². The number of hydrogen-bond acceptors (Lipinski definition) is 3. The van der Waals surface area contributed by atoms with E-state index in [0.717, 1.165) is 25.3 Å². The van der Waals surface area contributed by atoms with Crippen molar-refractivity contribution in [3.8, 4) is 5.75 Å². The second-order valence-corrected chi connectivity index (χ2v) is 7.15. The number of nitrogens with two attached hydrogens (primary N) is 1. The Kier molecular flexibility index (Phi) is 3.87. The van der Waals surface area contributed by atoms with Crippen LogP contribution in [0.2, 0.25) is 0 Å². The van der Waals surface area contributed by atoms with Crippen LogP contribution in [0.15, 0.2) is 24.3 Å². The van der Waals surface area contributed by atoms with Gasteiger partial charge in [0.15, 0.2) is 0 Å². The molecule has 0 saturated heterocycles. The van der Waals surface area contributed by atoms with Gasteiger partial charge >= 0.3 is 0 Å². The monoisotopic (exact) mass is 288 g/mol. The molecule has 1 aromatic rings. The minimum atomic E-state index is 0.0506. The first-order valence-electron chi connectivity index (χ1n) is 8.30. The maximum atomic E-state index is 6.37. The highest BCUT2D eigenvalue weighted by molar-refractivity contribution is 5.61. The van der Waals surface area contributed by atoms with E-state index in [1.807, 2.05) is 0 Å². The summed E-state index contributed by atoms with van der Waals surface area (Å²) in [6.45, 7) is 7.35. The lowest BCUT2D eigenvalue weighted by Gasteiger charge is -2.56. The van der Waals surface area contributed by atoms with Crippen molar-refractivity contribution in [2.45, 2.75) is 51.5 Å². The van der Waals surface area contributed by atoms with Crippen molar-refractivity contribution in [1.29, 1.82) is 0 Å². The topological polar surface area (TPSA) is 38.5 Å². The third kappa shape index (κ3) is 2.32. The van der Waals surface area contributed by atoms with Gasteiger partial charge in [0.25, 0.3) is 0 Å². The smallest absolute Gasteiger partial charge is 0.142 e. The molecule has 2 N–H and O–H groups in total. The van der Waals surface area contributed by atoms with Gasteiger partial charge < -0.3 is 15.4 Å². The standard InChI is InChI=1S/C18H28N2O/c1-17(2)10-5-6-11-18(17,14-19)20-12-7-13-21-16-9-4-3-8-15(16)20/h3-4,8-9H,5-7,10-14,19H2,1-2H3. The molecule has 0 bridgehead atoms. The maximum Gasteiger partial charge on any atom is 0.142 e. The van der Waals surface area contributed by atoms with Crippen LogP contribution in [0.3, 0.4) is 0 Å². The molecule has 1 aliphatic carbocycles. The molecule has 1 fully saturated rings. The molecule has 0 amide bonds. The first-order valence-corrected chi connectivity index (χ1v) is 8.30. The second-order valence-electron chi connectivity index (χ2n) is 7.15. The summed E-state index contributed by atoms with van der Waals surface area (Å²) in [5, 5.41) is 0. The number of rotatable bonds is 2. The zero-order chi connectivity index (χ0) is 14.9. The normalized spacial score (nSPS) is 28.4. The van der Waals surface area contributed by atoms with Gasteiger partial charge in [-0.15, -0.1) is 0 Å². The van der Waals surface area contributed by atoms with E-state index in [9.17, 15) is 0 Å². The van der Waals surface area contributed by atoms with Gasteiger partial charge in [0.05, 0.1) is 17.8 Å². The molecular weight excluding hydrogens is 260 g/mol. The summed E-state index contributed by atoms with van der Waals surface area (Å²) in [5.74, 6) is 1.02. The molecule has 116 valence electrons. The van der Waals surface area contributed by atoms with Crippen LogP contribution in [0.4, 0.5) is 5.69 Å². The Bertz CT molecular complexity index is 500. The van der Waals surface area contributed by atoms with Gasteiger partial charge in [-0.05, 0) is 36.8 Å². The molecule has 0 radical (unpaired) electrons. The first-order chi connectivity index (χ1) is 10.1. The zero-order valence-corrected chi connectivity index (χ0v) is 13.4. The molecule has 2 aliphatic rings. The van der Waals surface area contributed by atoms with E-state index in [2.05, 4.69) is 43.0 Å². The van der Waals surface area contributed by atoms with Crippen molar-refractivity contribution in [2.75, 3.05) is 24.6 Å². The van der Waals surface area contributed by atoms with Gasteiger partial charge in [0, 0.05) is 13.1 Å². The van der Waals surface area contributed by atoms with Gasteiger partial charge in [-0.1, -0.05) is 38.8 Å². The SMILES string of the molecule is CC1(C)CCCCC1(CN)N1CCCOc2ccccc21. The Hall–Kier alpha value is -1.22. The molecule has 3 rings (SSSR count). The number of benzene rings is 1. The van der Waals surface area contributed by atoms with Crippen LogP contribution in [-0.2, 0) is 0 Å². The number of ether oxygens (including phenoxy) is 1. The first kappa shape index (κ1) is 14.7. The number of para-hydroxylation sites is 2. The summed E-state index contributed by atoms with van der Waals surface area (Å²) in [6, 6.07) is 8.46. The summed E-state index contributed by atoms with van der Waals surface area (Å²) in [4.78, 5) is 2.58. The number of hydrogen-bond donors (Lipinski definition) is 1.